The minimum absolute atomic E-state index is 0.259. The highest BCUT2D eigenvalue weighted by atomic mass is 35.5. The van der Waals surface area contributed by atoms with Crippen LogP contribution in [-0.4, -0.2) is 47.5 Å². The van der Waals surface area contributed by atoms with Gasteiger partial charge in [-0.15, -0.1) is 0 Å². The van der Waals surface area contributed by atoms with Crippen molar-refractivity contribution in [2.45, 2.75) is 36.4 Å². The fraction of sp³-hybridized carbons (Fsp3) is 0.333. The number of nitrogens with zero attached hydrogens (tertiary/aromatic N) is 3. The lowest BCUT2D eigenvalue weighted by molar-refractivity contribution is 0.169. The van der Waals surface area contributed by atoms with E-state index in [9.17, 15) is 17.9 Å². The van der Waals surface area contributed by atoms with Gasteiger partial charge in [0.2, 0.25) is 5.89 Å². The Kier molecular flexibility index (Phi) is 6.11. The quantitative estimate of drug-likeness (QED) is 0.597. The van der Waals surface area contributed by atoms with Crippen molar-refractivity contribution in [3.05, 3.63) is 76.1 Å². The third-order valence-corrected chi connectivity index (χ3v) is 6.73. The molecule has 3 aromatic rings. The van der Waals surface area contributed by atoms with Crippen LogP contribution in [0.4, 0.5) is 4.39 Å². The molecule has 1 aromatic heterocycles. The molecule has 2 unspecified atom stereocenters. The van der Waals surface area contributed by atoms with Crippen molar-refractivity contribution in [2.75, 3.05) is 12.8 Å². The molecule has 1 aliphatic rings. The van der Waals surface area contributed by atoms with E-state index < -0.39 is 21.8 Å². The number of benzene rings is 2. The number of halogens is 2. The summed E-state index contributed by atoms with van der Waals surface area (Å²) in [6, 6.07) is 10.5. The molecule has 31 heavy (non-hydrogen) atoms. The van der Waals surface area contributed by atoms with Gasteiger partial charge in [0.1, 0.15) is 5.82 Å². The van der Waals surface area contributed by atoms with Gasteiger partial charge in [0.25, 0.3) is 0 Å². The van der Waals surface area contributed by atoms with Crippen LogP contribution in [0, 0.1) is 5.82 Å². The molecule has 1 saturated heterocycles. The molecule has 0 radical (unpaired) electrons. The zero-order chi connectivity index (χ0) is 22.2. The average Bonchev–Trinajstić information content (AvgIpc) is 3.30. The van der Waals surface area contributed by atoms with Gasteiger partial charge in [0.05, 0.1) is 17.0 Å². The molecule has 1 fully saturated rings. The summed E-state index contributed by atoms with van der Waals surface area (Å²) in [5.41, 5.74) is 1.59. The fourth-order valence-corrected chi connectivity index (χ4v) is 4.56. The smallest absolute Gasteiger partial charge is 0.244 e. The molecule has 0 spiro atoms. The first kappa shape index (κ1) is 21.9. The molecule has 10 heteroatoms. The summed E-state index contributed by atoms with van der Waals surface area (Å²) in [5, 5.41) is 14.5. The second-order valence-electron chi connectivity index (χ2n) is 7.71. The standard InChI is InChI=1S/C21H21ClFN3O4S/c1-31(28,29)17-6-2-13(3-7-17)11-26-12-16(27)10-19(26)21-24-20(25-30-21)8-14-4-5-15(23)9-18(14)22/h2-7,9,16,19,27H,8,10-12H2,1H3. The van der Waals surface area contributed by atoms with Crippen LogP contribution in [0.2, 0.25) is 5.02 Å². The summed E-state index contributed by atoms with van der Waals surface area (Å²) < 4.78 is 42.0. The topological polar surface area (TPSA) is 96.5 Å². The summed E-state index contributed by atoms with van der Waals surface area (Å²) in [5.74, 6) is 0.391. The van der Waals surface area contributed by atoms with Gasteiger partial charge in [-0.3, -0.25) is 4.90 Å². The minimum Gasteiger partial charge on any atom is -0.392 e. The number of hydrogen-bond acceptors (Lipinski definition) is 7. The maximum Gasteiger partial charge on any atom is 0.244 e. The van der Waals surface area contributed by atoms with E-state index in [0.717, 1.165) is 5.56 Å². The summed E-state index contributed by atoms with van der Waals surface area (Å²) in [6.45, 7) is 0.924. The molecular formula is C21H21ClFN3O4S. The van der Waals surface area contributed by atoms with E-state index in [2.05, 4.69) is 10.1 Å². The number of β-amino-alcohol motifs (C(OH)–C–C–N with tert-alkyl or cyclic N) is 1. The predicted octanol–water partition coefficient (Wildman–Crippen LogP) is 3.16. The maximum absolute atomic E-state index is 13.2. The van der Waals surface area contributed by atoms with Crippen LogP contribution in [0.15, 0.2) is 51.9 Å². The molecule has 7 nitrogen and oxygen atoms in total. The van der Waals surface area contributed by atoms with Gasteiger partial charge in [0, 0.05) is 30.8 Å². The highest BCUT2D eigenvalue weighted by Crippen LogP contribution is 2.33. The Morgan fingerprint density at radius 2 is 2.00 bits per heavy atom. The molecule has 0 amide bonds. The summed E-state index contributed by atoms with van der Waals surface area (Å²) in [4.78, 5) is 6.74. The SMILES string of the molecule is CS(=O)(=O)c1ccc(CN2CC(O)CC2c2nc(Cc3ccc(F)cc3Cl)no2)cc1. The second kappa shape index (κ2) is 8.66. The predicted molar refractivity (Wildman–Crippen MR) is 112 cm³/mol. The Morgan fingerprint density at radius 3 is 2.68 bits per heavy atom. The molecule has 0 aliphatic carbocycles. The van der Waals surface area contributed by atoms with Gasteiger partial charge in [0.15, 0.2) is 15.7 Å². The zero-order valence-electron chi connectivity index (χ0n) is 16.7. The highest BCUT2D eigenvalue weighted by Gasteiger charge is 2.35. The largest absolute Gasteiger partial charge is 0.392 e. The Hall–Kier alpha value is -2.33. The van der Waals surface area contributed by atoms with Crippen LogP contribution in [0.1, 0.15) is 35.3 Å². The third-order valence-electron chi connectivity index (χ3n) is 5.25. The van der Waals surface area contributed by atoms with E-state index in [-0.39, 0.29) is 10.9 Å². The maximum atomic E-state index is 13.2. The second-order valence-corrected chi connectivity index (χ2v) is 10.1. The molecule has 1 N–H and O–H groups in total. The van der Waals surface area contributed by atoms with Crippen LogP contribution in [-0.2, 0) is 22.8 Å². The molecule has 4 rings (SSSR count). The van der Waals surface area contributed by atoms with Crippen molar-refractivity contribution in [1.82, 2.24) is 15.0 Å². The van der Waals surface area contributed by atoms with Gasteiger partial charge in [-0.25, -0.2) is 12.8 Å². The first-order valence-electron chi connectivity index (χ1n) is 9.66. The van der Waals surface area contributed by atoms with Crippen LogP contribution < -0.4 is 0 Å². The fourth-order valence-electron chi connectivity index (χ4n) is 3.70. The Bertz CT molecular complexity index is 1180. The Balaban J connectivity index is 1.49. The number of aliphatic hydroxyl groups excluding tert-OH is 1. The first-order valence-corrected chi connectivity index (χ1v) is 11.9. The van der Waals surface area contributed by atoms with E-state index in [0.29, 0.717) is 48.2 Å². The monoisotopic (exact) mass is 465 g/mol. The number of likely N-dealkylation sites (tertiary alicyclic amines) is 1. The first-order chi connectivity index (χ1) is 14.7. The lowest BCUT2D eigenvalue weighted by atomic mass is 10.1. The molecule has 2 heterocycles. The van der Waals surface area contributed by atoms with Crippen molar-refractivity contribution >= 4 is 21.4 Å². The number of sulfone groups is 1. The number of hydrogen-bond donors (Lipinski definition) is 1. The van der Waals surface area contributed by atoms with Crippen LogP contribution >= 0.6 is 11.6 Å². The Morgan fingerprint density at radius 1 is 1.26 bits per heavy atom. The van der Waals surface area contributed by atoms with Crippen molar-refractivity contribution in [2.24, 2.45) is 0 Å². The van der Waals surface area contributed by atoms with E-state index in [1.165, 1.54) is 18.4 Å². The highest BCUT2D eigenvalue weighted by molar-refractivity contribution is 7.90. The third kappa shape index (κ3) is 5.12. The molecule has 2 aromatic carbocycles. The normalized spacial score (nSPS) is 19.7. The molecular weight excluding hydrogens is 445 g/mol. The summed E-state index contributed by atoms with van der Waals surface area (Å²) in [6.07, 6.45) is 1.37. The number of aliphatic hydroxyl groups is 1. The Labute approximate surface area is 184 Å². The molecule has 164 valence electrons. The van der Waals surface area contributed by atoms with Gasteiger partial charge < -0.3 is 9.63 Å². The van der Waals surface area contributed by atoms with Gasteiger partial charge in [-0.1, -0.05) is 35.0 Å². The molecule has 2 atom stereocenters. The van der Waals surface area contributed by atoms with E-state index in [1.54, 1.807) is 30.3 Å². The summed E-state index contributed by atoms with van der Waals surface area (Å²) >= 11 is 6.08. The number of rotatable bonds is 6. The van der Waals surface area contributed by atoms with Crippen molar-refractivity contribution in [3.63, 3.8) is 0 Å². The van der Waals surface area contributed by atoms with E-state index in [1.807, 2.05) is 4.90 Å². The van der Waals surface area contributed by atoms with E-state index >= 15 is 0 Å². The summed E-state index contributed by atoms with van der Waals surface area (Å²) in [7, 11) is -3.26. The molecule has 0 saturated carbocycles. The average molecular weight is 466 g/mol. The lowest BCUT2D eigenvalue weighted by Crippen LogP contribution is -2.24. The van der Waals surface area contributed by atoms with Crippen molar-refractivity contribution in [3.8, 4) is 0 Å². The molecule has 1 aliphatic heterocycles. The van der Waals surface area contributed by atoms with Gasteiger partial charge >= 0.3 is 0 Å². The molecule has 0 bridgehead atoms. The van der Waals surface area contributed by atoms with Gasteiger partial charge in [-0.05, 0) is 41.8 Å². The van der Waals surface area contributed by atoms with E-state index in [4.69, 9.17) is 16.1 Å². The van der Waals surface area contributed by atoms with Gasteiger partial charge in [-0.2, -0.15) is 4.98 Å². The van der Waals surface area contributed by atoms with Crippen LogP contribution in [0.5, 0.6) is 0 Å². The minimum atomic E-state index is -3.26. The van der Waals surface area contributed by atoms with Crippen molar-refractivity contribution in [1.29, 1.82) is 0 Å². The van der Waals surface area contributed by atoms with Crippen LogP contribution in [0.25, 0.3) is 0 Å². The number of aromatic nitrogens is 2. The van der Waals surface area contributed by atoms with Crippen molar-refractivity contribution < 1.29 is 22.4 Å². The lowest BCUT2D eigenvalue weighted by Gasteiger charge is -2.21. The zero-order valence-corrected chi connectivity index (χ0v) is 18.3. The van der Waals surface area contributed by atoms with Crippen LogP contribution in [0.3, 0.4) is 0 Å².